The Balaban J connectivity index is 2.55. The van der Waals surface area contributed by atoms with E-state index >= 15 is 0 Å². The summed E-state index contributed by atoms with van der Waals surface area (Å²) in [6.45, 7) is 0. The van der Waals surface area contributed by atoms with Crippen molar-refractivity contribution in [3.05, 3.63) is 47.4 Å². The van der Waals surface area contributed by atoms with Crippen molar-refractivity contribution in [2.45, 2.75) is 0 Å². The quantitative estimate of drug-likeness (QED) is 0.848. The predicted octanol–water partition coefficient (Wildman–Crippen LogP) is 3.30. The first-order valence-corrected chi connectivity index (χ1v) is 4.61. The second kappa shape index (κ2) is 3.79. The van der Waals surface area contributed by atoms with Gasteiger partial charge in [-0.05, 0) is 24.3 Å². The molecule has 4 heteroatoms. The lowest BCUT2D eigenvalue weighted by molar-refractivity contribution is 0.0697. The minimum atomic E-state index is -0.976. The fraction of sp³-hybridized carbons (Fsp3) is 0. The van der Waals surface area contributed by atoms with Gasteiger partial charge in [0.15, 0.2) is 0 Å². The molecule has 15 heavy (non-hydrogen) atoms. The molecular weight excluding hydrogens is 216 g/mol. The lowest BCUT2D eigenvalue weighted by Gasteiger charge is -2.02. The molecule has 3 nitrogen and oxygen atoms in total. The summed E-state index contributed by atoms with van der Waals surface area (Å²) in [6, 6.07) is 6.28. The van der Waals surface area contributed by atoms with Crippen LogP contribution in [0.15, 0.2) is 41.2 Å². The van der Waals surface area contributed by atoms with Gasteiger partial charge in [0.25, 0.3) is 0 Å². The molecule has 1 aromatic carbocycles. The Bertz CT molecular complexity index is 489. The summed E-state index contributed by atoms with van der Waals surface area (Å²) in [5, 5.41) is 9.33. The van der Waals surface area contributed by atoms with Gasteiger partial charge in [0.1, 0.15) is 0 Å². The summed E-state index contributed by atoms with van der Waals surface area (Å²) in [7, 11) is 0. The van der Waals surface area contributed by atoms with Crippen LogP contribution in [0.4, 0.5) is 0 Å². The number of benzene rings is 1. The summed E-state index contributed by atoms with van der Waals surface area (Å²) < 4.78 is 4.92. The van der Waals surface area contributed by atoms with Crippen molar-refractivity contribution in [2.75, 3.05) is 0 Å². The lowest BCUT2D eigenvalue weighted by atomic mass is 10.1. The molecule has 0 atom stereocenters. The molecule has 0 saturated carbocycles. The van der Waals surface area contributed by atoms with E-state index in [1.54, 1.807) is 12.1 Å². The molecule has 0 fully saturated rings. The van der Waals surface area contributed by atoms with Gasteiger partial charge in [0, 0.05) is 16.1 Å². The predicted molar refractivity (Wildman–Crippen MR) is 56.1 cm³/mol. The molecule has 0 radical (unpaired) electrons. The third-order valence-electron chi connectivity index (χ3n) is 2.05. The van der Waals surface area contributed by atoms with Crippen LogP contribution in [0.1, 0.15) is 10.4 Å². The van der Waals surface area contributed by atoms with E-state index in [-0.39, 0.29) is 5.56 Å². The van der Waals surface area contributed by atoms with Crippen LogP contribution in [-0.2, 0) is 0 Å². The maximum absolute atomic E-state index is 10.8. The fourth-order valence-electron chi connectivity index (χ4n) is 1.30. The van der Waals surface area contributed by atoms with E-state index in [1.165, 1.54) is 24.7 Å². The molecule has 0 aliphatic carbocycles. The number of halogens is 1. The number of aromatic carboxylic acids is 1. The molecule has 1 heterocycles. The third kappa shape index (κ3) is 1.87. The Morgan fingerprint density at radius 3 is 2.73 bits per heavy atom. The number of hydrogen-bond acceptors (Lipinski definition) is 2. The number of carbonyl (C=O) groups is 1. The Morgan fingerprint density at radius 1 is 1.33 bits per heavy atom. The highest BCUT2D eigenvalue weighted by atomic mass is 35.5. The number of furan rings is 1. The second-order valence-electron chi connectivity index (χ2n) is 3.01. The minimum Gasteiger partial charge on any atom is -0.478 e. The molecule has 1 aromatic heterocycles. The summed E-state index contributed by atoms with van der Waals surface area (Å²) in [6.07, 6.45) is 3.03. The van der Waals surface area contributed by atoms with Crippen molar-refractivity contribution < 1.29 is 14.3 Å². The van der Waals surface area contributed by atoms with Gasteiger partial charge in [-0.1, -0.05) is 11.6 Å². The van der Waals surface area contributed by atoms with Crippen LogP contribution in [0, 0.1) is 0 Å². The van der Waals surface area contributed by atoms with Crippen LogP contribution < -0.4 is 0 Å². The van der Waals surface area contributed by atoms with E-state index in [2.05, 4.69) is 0 Å². The first-order valence-electron chi connectivity index (χ1n) is 4.24. The van der Waals surface area contributed by atoms with Crippen LogP contribution in [0.3, 0.4) is 0 Å². The van der Waals surface area contributed by atoms with Crippen LogP contribution >= 0.6 is 11.6 Å². The fourth-order valence-corrected chi connectivity index (χ4v) is 1.52. The van der Waals surface area contributed by atoms with E-state index in [0.717, 1.165) is 5.56 Å². The minimum absolute atomic E-state index is 0.204. The SMILES string of the molecule is O=C(O)c1ccc(Cl)c(-c2ccoc2)c1. The Hall–Kier alpha value is -1.74. The summed E-state index contributed by atoms with van der Waals surface area (Å²) >= 11 is 5.96. The first kappa shape index (κ1) is 9.80. The zero-order valence-corrected chi connectivity index (χ0v) is 8.36. The van der Waals surface area contributed by atoms with Gasteiger partial charge in [-0.25, -0.2) is 4.79 Å². The number of hydrogen-bond donors (Lipinski definition) is 1. The summed E-state index contributed by atoms with van der Waals surface area (Å²) in [5.74, 6) is -0.976. The van der Waals surface area contributed by atoms with Gasteiger partial charge >= 0.3 is 5.97 Å². The highest BCUT2D eigenvalue weighted by Crippen LogP contribution is 2.29. The molecule has 0 spiro atoms. The van der Waals surface area contributed by atoms with Crippen molar-refractivity contribution in [3.8, 4) is 11.1 Å². The van der Waals surface area contributed by atoms with Gasteiger partial charge in [0.2, 0.25) is 0 Å². The molecule has 2 rings (SSSR count). The highest BCUT2D eigenvalue weighted by Gasteiger charge is 2.09. The molecule has 0 unspecified atom stereocenters. The average Bonchev–Trinajstić information content (AvgIpc) is 2.71. The van der Waals surface area contributed by atoms with Crippen molar-refractivity contribution in [1.29, 1.82) is 0 Å². The Kier molecular flexibility index (Phi) is 2.47. The van der Waals surface area contributed by atoms with Crippen molar-refractivity contribution >= 4 is 17.6 Å². The molecule has 0 amide bonds. The van der Waals surface area contributed by atoms with E-state index in [9.17, 15) is 4.79 Å². The van der Waals surface area contributed by atoms with Crippen molar-refractivity contribution in [3.63, 3.8) is 0 Å². The monoisotopic (exact) mass is 222 g/mol. The smallest absolute Gasteiger partial charge is 0.335 e. The zero-order valence-electron chi connectivity index (χ0n) is 7.61. The van der Waals surface area contributed by atoms with Crippen LogP contribution in [-0.4, -0.2) is 11.1 Å². The number of carboxylic acid groups (broad SMARTS) is 1. The average molecular weight is 223 g/mol. The molecule has 0 aliphatic rings. The summed E-state index contributed by atoms with van der Waals surface area (Å²) in [4.78, 5) is 10.8. The number of rotatable bonds is 2. The molecular formula is C11H7ClO3. The lowest BCUT2D eigenvalue weighted by Crippen LogP contribution is -1.96. The van der Waals surface area contributed by atoms with Gasteiger partial charge in [-0.3, -0.25) is 0 Å². The zero-order chi connectivity index (χ0) is 10.8. The molecule has 0 aliphatic heterocycles. The highest BCUT2D eigenvalue weighted by molar-refractivity contribution is 6.33. The molecule has 76 valence electrons. The van der Waals surface area contributed by atoms with Gasteiger partial charge in [-0.15, -0.1) is 0 Å². The van der Waals surface area contributed by atoms with E-state index in [4.69, 9.17) is 21.1 Å². The molecule has 0 bridgehead atoms. The first-order chi connectivity index (χ1) is 7.18. The number of carboxylic acids is 1. The standard InChI is InChI=1S/C11H7ClO3/c12-10-2-1-7(11(13)14)5-9(10)8-3-4-15-6-8/h1-6H,(H,13,14). The van der Waals surface area contributed by atoms with E-state index in [0.29, 0.717) is 10.6 Å². The van der Waals surface area contributed by atoms with Gasteiger partial charge in [-0.2, -0.15) is 0 Å². The van der Waals surface area contributed by atoms with Crippen LogP contribution in [0.25, 0.3) is 11.1 Å². The normalized spacial score (nSPS) is 10.2. The topological polar surface area (TPSA) is 50.4 Å². The second-order valence-corrected chi connectivity index (χ2v) is 3.42. The van der Waals surface area contributed by atoms with Gasteiger partial charge < -0.3 is 9.52 Å². The van der Waals surface area contributed by atoms with Gasteiger partial charge in [0.05, 0.1) is 18.1 Å². The molecule has 1 N–H and O–H groups in total. The molecule has 0 saturated heterocycles. The maximum Gasteiger partial charge on any atom is 0.335 e. The van der Waals surface area contributed by atoms with E-state index in [1.807, 2.05) is 0 Å². The largest absolute Gasteiger partial charge is 0.478 e. The molecule has 2 aromatic rings. The van der Waals surface area contributed by atoms with Crippen molar-refractivity contribution in [1.82, 2.24) is 0 Å². The Labute approximate surface area is 90.9 Å². The summed E-state index contributed by atoms with van der Waals surface area (Å²) in [5.41, 5.74) is 1.63. The Morgan fingerprint density at radius 2 is 2.13 bits per heavy atom. The van der Waals surface area contributed by atoms with E-state index < -0.39 is 5.97 Å². The maximum atomic E-state index is 10.8. The van der Waals surface area contributed by atoms with Crippen LogP contribution in [0.2, 0.25) is 5.02 Å². The van der Waals surface area contributed by atoms with Crippen LogP contribution in [0.5, 0.6) is 0 Å². The third-order valence-corrected chi connectivity index (χ3v) is 2.38. The van der Waals surface area contributed by atoms with Crippen molar-refractivity contribution in [2.24, 2.45) is 0 Å².